The molecule has 1 fully saturated rings. The Bertz CT molecular complexity index is 890. The van der Waals surface area contributed by atoms with Crippen molar-refractivity contribution < 1.29 is 18.7 Å². The second-order valence-corrected chi connectivity index (χ2v) is 7.53. The molecule has 0 aromatic heterocycles. The fraction of sp³-hybridized carbons (Fsp3) is 0.391. The highest BCUT2D eigenvalue weighted by Crippen LogP contribution is 2.15. The largest absolute Gasteiger partial charge is 0.497 e. The van der Waals surface area contributed by atoms with Gasteiger partial charge in [-0.2, -0.15) is 0 Å². The second kappa shape index (κ2) is 10.2. The molecule has 0 atom stereocenters. The predicted molar refractivity (Wildman–Crippen MR) is 113 cm³/mol. The van der Waals surface area contributed by atoms with Gasteiger partial charge in [0.2, 0.25) is 5.91 Å². The Morgan fingerprint density at radius 2 is 1.87 bits per heavy atom. The summed E-state index contributed by atoms with van der Waals surface area (Å²) in [7, 11) is 3.41. The summed E-state index contributed by atoms with van der Waals surface area (Å²) in [6, 6.07) is 13.4. The van der Waals surface area contributed by atoms with Crippen molar-refractivity contribution in [2.75, 3.05) is 46.9 Å². The van der Waals surface area contributed by atoms with Crippen LogP contribution in [0.2, 0.25) is 0 Å². The third-order valence-electron chi connectivity index (χ3n) is 5.29. The summed E-state index contributed by atoms with van der Waals surface area (Å²) in [5.74, 6) is 0.214. The van der Waals surface area contributed by atoms with E-state index >= 15 is 0 Å². The van der Waals surface area contributed by atoms with Crippen LogP contribution in [0.15, 0.2) is 48.5 Å². The average Bonchev–Trinajstić information content (AvgIpc) is 2.99. The van der Waals surface area contributed by atoms with E-state index in [2.05, 4.69) is 4.90 Å². The van der Waals surface area contributed by atoms with Crippen molar-refractivity contribution in [3.05, 3.63) is 65.5 Å². The van der Waals surface area contributed by atoms with Crippen LogP contribution < -0.4 is 4.74 Å². The molecule has 30 heavy (non-hydrogen) atoms. The van der Waals surface area contributed by atoms with Crippen LogP contribution in [0.4, 0.5) is 4.39 Å². The second-order valence-electron chi connectivity index (χ2n) is 7.53. The quantitative estimate of drug-likeness (QED) is 0.731. The third-order valence-corrected chi connectivity index (χ3v) is 5.29. The van der Waals surface area contributed by atoms with Crippen LogP contribution in [0.5, 0.6) is 5.75 Å². The number of halogens is 1. The van der Waals surface area contributed by atoms with Gasteiger partial charge in [-0.1, -0.05) is 18.2 Å². The smallest absolute Gasteiger partial charge is 0.254 e. The number of likely N-dealkylation sites (N-methyl/N-ethyl adjacent to an activating group) is 1. The molecule has 0 bridgehead atoms. The van der Waals surface area contributed by atoms with Crippen molar-refractivity contribution in [1.82, 2.24) is 14.7 Å². The van der Waals surface area contributed by atoms with E-state index in [-0.39, 0.29) is 11.8 Å². The number of hydrogen-bond donors (Lipinski definition) is 0. The summed E-state index contributed by atoms with van der Waals surface area (Å²) >= 11 is 0. The Balaban J connectivity index is 1.52. The first-order valence-corrected chi connectivity index (χ1v) is 10.1. The zero-order valence-electron chi connectivity index (χ0n) is 17.5. The maximum Gasteiger partial charge on any atom is 0.254 e. The molecule has 0 unspecified atom stereocenters. The standard InChI is InChI=1S/C23H28FN3O3/c1-25(16-18-6-3-9-21(14-18)30-2)22(28)17-26-10-5-11-27(13-12-26)23(29)19-7-4-8-20(24)15-19/h3-4,6-9,14-15H,5,10-13,16-17H2,1-2H3. The van der Waals surface area contributed by atoms with E-state index in [1.807, 2.05) is 24.3 Å². The Morgan fingerprint density at radius 1 is 1.07 bits per heavy atom. The lowest BCUT2D eigenvalue weighted by atomic mass is 10.2. The molecule has 6 nitrogen and oxygen atoms in total. The number of nitrogens with zero attached hydrogens (tertiary/aromatic N) is 3. The maximum atomic E-state index is 13.4. The summed E-state index contributed by atoms with van der Waals surface area (Å²) in [5, 5.41) is 0. The van der Waals surface area contributed by atoms with Gasteiger partial charge >= 0.3 is 0 Å². The number of carbonyl (C=O) groups excluding carboxylic acids is 2. The molecule has 2 amide bonds. The number of ether oxygens (including phenoxy) is 1. The van der Waals surface area contributed by atoms with Crippen LogP contribution in [0.3, 0.4) is 0 Å². The van der Waals surface area contributed by atoms with E-state index in [4.69, 9.17) is 4.74 Å². The molecule has 1 aliphatic rings. The zero-order chi connectivity index (χ0) is 21.5. The Morgan fingerprint density at radius 3 is 2.63 bits per heavy atom. The average molecular weight is 413 g/mol. The van der Waals surface area contributed by atoms with E-state index in [0.717, 1.165) is 24.3 Å². The van der Waals surface area contributed by atoms with Crippen molar-refractivity contribution in [3.63, 3.8) is 0 Å². The summed E-state index contributed by atoms with van der Waals surface area (Å²) in [6.07, 6.45) is 0.772. The van der Waals surface area contributed by atoms with Gasteiger partial charge in [0.05, 0.1) is 13.7 Å². The van der Waals surface area contributed by atoms with Gasteiger partial charge in [0, 0.05) is 45.3 Å². The molecule has 1 aliphatic heterocycles. The molecular formula is C23H28FN3O3. The summed E-state index contributed by atoms with van der Waals surface area (Å²) in [5.41, 5.74) is 1.37. The Kier molecular flexibility index (Phi) is 7.41. The Hall–Kier alpha value is -2.93. The minimum Gasteiger partial charge on any atom is -0.497 e. The molecule has 2 aromatic carbocycles. The SMILES string of the molecule is COc1cccc(CN(C)C(=O)CN2CCCN(C(=O)c3cccc(F)c3)CC2)c1. The molecule has 0 spiro atoms. The lowest BCUT2D eigenvalue weighted by Gasteiger charge is -2.24. The van der Waals surface area contributed by atoms with Gasteiger partial charge in [-0.25, -0.2) is 4.39 Å². The minimum absolute atomic E-state index is 0.0303. The number of rotatable bonds is 6. The van der Waals surface area contributed by atoms with Crippen LogP contribution in [0.25, 0.3) is 0 Å². The highest BCUT2D eigenvalue weighted by molar-refractivity contribution is 5.94. The molecule has 0 aliphatic carbocycles. The topological polar surface area (TPSA) is 53.1 Å². The molecule has 3 rings (SSSR count). The van der Waals surface area contributed by atoms with Gasteiger partial charge in [0.25, 0.3) is 5.91 Å². The van der Waals surface area contributed by atoms with Crippen molar-refractivity contribution in [2.45, 2.75) is 13.0 Å². The molecule has 1 heterocycles. The predicted octanol–water partition coefficient (Wildman–Crippen LogP) is 2.64. The lowest BCUT2D eigenvalue weighted by molar-refractivity contribution is -0.131. The fourth-order valence-corrected chi connectivity index (χ4v) is 3.58. The van der Waals surface area contributed by atoms with Gasteiger partial charge in [0.1, 0.15) is 11.6 Å². The van der Waals surface area contributed by atoms with Crippen molar-refractivity contribution >= 4 is 11.8 Å². The van der Waals surface area contributed by atoms with Gasteiger partial charge < -0.3 is 14.5 Å². The first kappa shape index (κ1) is 21.8. The lowest BCUT2D eigenvalue weighted by Crippen LogP contribution is -2.40. The van der Waals surface area contributed by atoms with Crippen LogP contribution >= 0.6 is 0 Å². The number of hydrogen-bond acceptors (Lipinski definition) is 4. The van der Waals surface area contributed by atoms with E-state index in [9.17, 15) is 14.0 Å². The summed E-state index contributed by atoms with van der Waals surface area (Å²) < 4.78 is 18.7. The number of benzene rings is 2. The summed E-state index contributed by atoms with van der Waals surface area (Å²) in [6.45, 7) is 3.28. The molecule has 1 saturated heterocycles. The Labute approximate surface area is 176 Å². The zero-order valence-corrected chi connectivity index (χ0v) is 17.5. The van der Waals surface area contributed by atoms with Crippen LogP contribution in [-0.4, -0.2) is 73.4 Å². The molecule has 2 aromatic rings. The van der Waals surface area contributed by atoms with E-state index in [1.165, 1.54) is 12.1 Å². The minimum atomic E-state index is -0.415. The molecule has 0 saturated carbocycles. The van der Waals surface area contributed by atoms with Gasteiger partial charge in [-0.15, -0.1) is 0 Å². The monoisotopic (exact) mass is 413 g/mol. The van der Waals surface area contributed by atoms with Crippen molar-refractivity contribution in [2.24, 2.45) is 0 Å². The third kappa shape index (κ3) is 5.79. The van der Waals surface area contributed by atoms with E-state index < -0.39 is 5.82 Å². The van der Waals surface area contributed by atoms with Gasteiger partial charge in [-0.05, 0) is 42.3 Å². The van der Waals surface area contributed by atoms with E-state index in [0.29, 0.717) is 38.3 Å². The normalized spacial score (nSPS) is 14.8. The van der Waals surface area contributed by atoms with Crippen LogP contribution in [0.1, 0.15) is 22.3 Å². The van der Waals surface area contributed by atoms with Crippen molar-refractivity contribution in [1.29, 1.82) is 0 Å². The van der Waals surface area contributed by atoms with Gasteiger partial charge in [0.15, 0.2) is 0 Å². The highest BCUT2D eigenvalue weighted by atomic mass is 19.1. The van der Waals surface area contributed by atoms with E-state index in [1.54, 1.807) is 36.1 Å². The molecule has 0 N–H and O–H groups in total. The summed E-state index contributed by atoms with van der Waals surface area (Å²) in [4.78, 5) is 30.9. The first-order valence-electron chi connectivity index (χ1n) is 10.1. The van der Waals surface area contributed by atoms with Crippen LogP contribution in [-0.2, 0) is 11.3 Å². The maximum absolute atomic E-state index is 13.4. The van der Waals surface area contributed by atoms with Crippen molar-refractivity contribution in [3.8, 4) is 5.75 Å². The number of carbonyl (C=O) groups is 2. The molecule has 160 valence electrons. The molecule has 7 heteroatoms. The first-order chi connectivity index (χ1) is 14.5. The molecular weight excluding hydrogens is 385 g/mol. The highest BCUT2D eigenvalue weighted by Gasteiger charge is 2.22. The fourth-order valence-electron chi connectivity index (χ4n) is 3.58. The van der Waals surface area contributed by atoms with Crippen LogP contribution in [0, 0.1) is 5.82 Å². The van der Waals surface area contributed by atoms with Gasteiger partial charge in [-0.3, -0.25) is 14.5 Å². The number of methoxy groups -OCH3 is 1. The number of amides is 2. The molecule has 0 radical (unpaired) electrons.